The molecular formula is C27H28ClN3O4S. The normalized spacial score (nSPS) is 17.9. The fraction of sp³-hybridized carbons (Fsp3) is 0.296. The van der Waals surface area contributed by atoms with Crippen LogP contribution in [0, 0.1) is 0 Å². The highest BCUT2D eigenvalue weighted by molar-refractivity contribution is 7.92. The molecule has 1 N–H and O–H groups in total. The molecule has 1 amide bonds. The molecule has 0 spiro atoms. The maximum Gasteiger partial charge on any atom is 0.264 e. The predicted molar refractivity (Wildman–Crippen MR) is 140 cm³/mol. The molecule has 0 saturated carbocycles. The summed E-state index contributed by atoms with van der Waals surface area (Å²) in [4.78, 5) is 15.7. The highest BCUT2D eigenvalue weighted by Gasteiger charge is 2.37. The van der Waals surface area contributed by atoms with E-state index in [1.165, 1.54) is 47.0 Å². The van der Waals surface area contributed by atoms with Crippen molar-refractivity contribution in [3.63, 3.8) is 0 Å². The third kappa shape index (κ3) is 5.21. The Morgan fingerprint density at radius 1 is 0.944 bits per heavy atom. The number of ether oxygens (including phenoxy) is 1. The average Bonchev–Trinajstić information content (AvgIpc) is 3.40. The standard InChI is InChI=1S/C27H28ClN3O4S/c28-22-11-13-23(14-12-22)36(33,34)31-19-26(35-25-10-4-3-9-24(25)31)27(32)29-17-20-7-1-2-8-21(20)18-30-15-5-6-16-30/h1-4,7-14,26H,5-6,15-19H2,(H,29,32). The lowest BCUT2D eigenvalue weighted by molar-refractivity contribution is -0.127. The summed E-state index contributed by atoms with van der Waals surface area (Å²) in [5.41, 5.74) is 2.62. The predicted octanol–water partition coefficient (Wildman–Crippen LogP) is 4.21. The fourth-order valence-electron chi connectivity index (χ4n) is 4.66. The molecule has 188 valence electrons. The second kappa shape index (κ2) is 10.5. The smallest absolute Gasteiger partial charge is 0.264 e. The molecule has 1 unspecified atom stereocenters. The van der Waals surface area contributed by atoms with Gasteiger partial charge in [0.15, 0.2) is 6.10 Å². The quantitative estimate of drug-likeness (QED) is 0.500. The third-order valence-corrected chi connectivity index (χ3v) is 8.64. The first-order valence-corrected chi connectivity index (χ1v) is 13.8. The average molecular weight is 526 g/mol. The Balaban J connectivity index is 1.34. The van der Waals surface area contributed by atoms with Crippen LogP contribution in [0.25, 0.3) is 0 Å². The number of rotatable bonds is 7. The summed E-state index contributed by atoms with van der Waals surface area (Å²) in [6, 6.07) is 20.9. The van der Waals surface area contributed by atoms with Crippen molar-refractivity contribution in [1.82, 2.24) is 10.2 Å². The van der Waals surface area contributed by atoms with Gasteiger partial charge < -0.3 is 10.1 Å². The summed E-state index contributed by atoms with van der Waals surface area (Å²) in [5, 5.41) is 3.41. The summed E-state index contributed by atoms with van der Waals surface area (Å²) in [6.07, 6.45) is 1.44. The lowest BCUT2D eigenvalue weighted by atomic mass is 10.1. The van der Waals surface area contributed by atoms with E-state index in [0.29, 0.717) is 23.0 Å². The molecule has 2 heterocycles. The molecule has 3 aromatic rings. The topological polar surface area (TPSA) is 79.0 Å². The number of amides is 1. The second-order valence-electron chi connectivity index (χ2n) is 9.03. The van der Waals surface area contributed by atoms with Crippen LogP contribution in [-0.2, 0) is 27.9 Å². The van der Waals surface area contributed by atoms with Crippen molar-refractivity contribution in [1.29, 1.82) is 0 Å². The summed E-state index contributed by atoms with van der Waals surface area (Å²) in [7, 11) is -3.94. The van der Waals surface area contributed by atoms with Gasteiger partial charge in [0, 0.05) is 18.1 Å². The van der Waals surface area contributed by atoms with Gasteiger partial charge >= 0.3 is 0 Å². The van der Waals surface area contributed by atoms with Gasteiger partial charge in [-0.25, -0.2) is 8.42 Å². The molecule has 2 aliphatic heterocycles. The molecule has 3 aromatic carbocycles. The van der Waals surface area contributed by atoms with Crippen molar-refractivity contribution in [3.8, 4) is 5.75 Å². The maximum atomic E-state index is 13.5. The van der Waals surface area contributed by atoms with Gasteiger partial charge in [0.05, 0.1) is 17.1 Å². The fourth-order valence-corrected chi connectivity index (χ4v) is 6.26. The number of anilines is 1. The van der Waals surface area contributed by atoms with Crippen LogP contribution in [0.1, 0.15) is 24.0 Å². The van der Waals surface area contributed by atoms with Gasteiger partial charge in [0.1, 0.15) is 5.75 Å². The molecule has 1 saturated heterocycles. The van der Waals surface area contributed by atoms with E-state index < -0.39 is 16.1 Å². The molecule has 0 radical (unpaired) electrons. The Kier molecular flexibility index (Phi) is 7.18. The second-order valence-corrected chi connectivity index (χ2v) is 11.3. The highest BCUT2D eigenvalue weighted by Crippen LogP contribution is 2.37. The van der Waals surface area contributed by atoms with Gasteiger partial charge in [0.2, 0.25) is 0 Å². The molecule has 0 aromatic heterocycles. The van der Waals surface area contributed by atoms with Crippen molar-refractivity contribution < 1.29 is 17.9 Å². The van der Waals surface area contributed by atoms with E-state index in [2.05, 4.69) is 16.3 Å². The Hall–Kier alpha value is -3.07. The number of hydrogen-bond acceptors (Lipinski definition) is 5. The summed E-state index contributed by atoms with van der Waals surface area (Å²) in [6.45, 7) is 3.24. The van der Waals surface area contributed by atoms with Gasteiger partial charge in [-0.15, -0.1) is 0 Å². The largest absolute Gasteiger partial charge is 0.476 e. The van der Waals surface area contributed by atoms with Crippen LogP contribution in [-0.4, -0.2) is 45.0 Å². The van der Waals surface area contributed by atoms with Crippen LogP contribution >= 0.6 is 11.6 Å². The molecular weight excluding hydrogens is 498 g/mol. The number of carbonyl (C=O) groups excluding carboxylic acids is 1. The molecule has 9 heteroatoms. The molecule has 1 fully saturated rings. The van der Waals surface area contributed by atoms with E-state index in [0.717, 1.165) is 25.2 Å². The van der Waals surface area contributed by atoms with Crippen molar-refractivity contribution in [2.24, 2.45) is 0 Å². The molecule has 1 atom stereocenters. The lowest BCUT2D eigenvalue weighted by Gasteiger charge is -2.34. The highest BCUT2D eigenvalue weighted by atomic mass is 35.5. The number of halogens is 1. The zero-order chi connectivity index (χ0) is 25.1. The minimum Gasteiger partial charge on any atom is -0.476 e. The van der Waals surface area contributed by atoms with Gasteiger partial charge in [-0.1, -0.05) is 48.0 Å². The van der Waals surface area contributed by atoms with Crippen molar-refractivity contribution in [3.05, 3.63) is 88.9 Å². The Bertz CT molecular complexity index is 1340. The van der Waals surface area contributed by atoms with Crippen LogP contribution in [0.2, 0.25) is 5.02 Å². The molecule has 2 aliphatic rings. The number of nitrogens with zero attached hydrogens (tertiary/aromatic N) is 2. The van der Waals surface area contributed by atoms with E-state index in [-0.39, 0.29) is 17.3 Å². The van der Waals surface area contributed by atoms with E-state index in [1.54, 1.807) is 24.3 Å². The van der Waals surface area contributed by atoms with E-state index in [9.17, 15) is 13.2 Å². The van der Waals surface area contributed by atoms with E-state index in [1.807, 2.05) is 18.2 Å². The Labute approximate surface area is 216 Å². The van der Waals surface area contributed by atoms with Gasteiger partial charge in [-0.05, 0) is 73.5 Å². The summed E-state index contributed by atoms with van der Waals surface area (Å²) in [5.74, 6) is -0.0207. The number of nitrogens with one attached hydrogen (secondary N) is 1. The van der Waals surface area contributed by atoms with Crippen LogP contribution in [0.5, 0.6) is 5.75 Å². The van der Waals surface area contributed by atoms with Crippen LogP contribution in [0.4, 0.5) is 5.69 Å². The first kappa shape index (κ1) is 24.6. The number of para-hydroxylation sites is 2. The van der Waals surface area contributed by atoms with Gasteiger partial charge in [-0.2, -0.15) is 0 Å². The molecule has 36 heavy (non-hydrogen) atoms. The van der Waals surface area contributed by atoms with Gasteiger partial charge in [-0.3, -0.25) is 14.0 Å². The Morgan fingerprint density at radius 3 is 2.36 bits per heavy atom. The molecule has 5 rings (SSSR count). The van der Waals surface area contributed by atoms with Crippen molar-refractivity contribution in [2.75, 3.05) is 23.9 Å². The molecule has 7 nitrogen and oxygen atoms in total. The van der Waals surface area contributed by atoms with Crippen molar-refractivity contribution in [2.45, 2.75) is 36.9 Å². The number of carbonyl (C=O) groups is 1. The number of sulfonamides is 1. The summed E-state index contributed by atoms with van der Waals surface area (Å²) < 4.78 is 34.2. The number of likely N-dealkylation sites (tertiary alicyclic amines) is 1. The molecule has 0 bridgehead atoms. The SMILES string of the molecule is O=C(NCc1ccccc1CN1CCCC1)C1CN(S(=O)(=O)c2ccc(Cl)cc2)c2ccccc2O1. The van der Waals surface area contributed by atoms with E-state index >= 15 is 0 Å². The van der Waals surface area contributed by atoms with Crippen LogP contribution in [0.3, 0.4) is 0 Å². The van der Waals surface area contributed by atoms with E-state index in [4.69, 9.17) is 16.3 Å². The van der Waals surface area contributed by atoms with Crippen LogP contribution < -0.4 is 14.4 Å². The van der Waals surface area contributed by atoms with Gasteiger partial charge in [0.25, 0.3) is 15.9 Å². The monoisotopic (exact) mass is 525 g/mol. The molecule has 0 aliphatic carbocycles. The zero-order valence-corrected chi connectivity index (χ0v) is 21.3. The van der Waals surface area contributed by atoms with Crippen molar-refractivity contribution >= 4 is 33.2 Å². The zero-order valence-electron chi connectivity index (χ0n) is 19.8. The number of benzene rings is 3. The minimum atomic E-state index is -3.94. The lowest BCUT2D eigenvalue weighted by Crippen LogP contribution is -2.50. The first-order chi connectivity index (χ1) is 17.4. The third-order valence-electron chi connectivity index (χ3n) is 6.59. The number of hydrogen-bond donors (Lipinski definition) is 1. The first-order valence-electron chi connectivity index (χ1n) is 12.0. The maximum absolute atomic E-state index is 13.5. The van der Waals surface area contributed by atoms with Crippen LogP contribution in [0.15, 0.2) is 77.7 Å². The Morgan fingerprint density at radius 2 is 1.61 bits per heavy atom. The number of fused-ring (bicyclic) bond motifs is 1. The summed E-state index contributed by atoms with van der Waals surface area (Å²) >= 11 is 5.95. The minimum absolute atomic E-state index is 0.0959.